The van der Waals surface area contributed by atoms with Crippen LogP contribution in [-0.2, 0) is 0 Å². The summed E-state index contributed by atoms with van der Waals surface area (Å²) in [6, 6.07) is 4.30. The molecular formula is C15H26N2O. The molecule has 0 amide bonds. The predicted molar refractivity (Wildman–Crippen MR) is 78.7 cm³/mol. The van der Waals surface area contributed by atoms with E-state index in [-0.39, 0.29) is 0 Å². The van der Waals surface area contributed by atoms with Gasteiger partial charge < -0.3 is 15.4 Å². The van der Waals surface area contributed by atoms with Crippen molar-refractivity contribution in [3.05, 3.63) is 23.3 Å². The number of methoxy groups -OCH3 is 1. The van der Waals surface area contributed by atoms with Crippen molar-refractivity contribution in [2.24, 2.45) is 5.92 Å². The number of anilines is 1. The Morgan fingerprint density at radius 3 is 2.22 bits per heavy atom. The molecule has 3 heteroatoms. The van der Waals surface area contributed by atoms with Crippen molar-refractivity contribution in [3.8, 4) is 5.75 Å². The Morgan fingerprint density at radius 1 is 1.17 bits per heavy atom. The standard InChI is InChI=1S/C15H26N2O/c1-6-13(9-16-4)10-17-14-7-11(2)15(18-5)12(3)8-14/h7-8,13,16-17H,6,9-10H2,1-5H3. The van der Waals surface area contributed by atoms with Gasteiger partial charge in [-0.05, 0) is 56.6 Å². The average molecular weight is 250 g/mol. The van der Waals surface area contributed by atoms with Crippen LogP contribution in [0.15, 0.2) is 12.1 Å². The van der Waals surface area contributed by atoms with Crippen molar-refractivity contribution in [2.45, 2.75) is 27.2 Å². The molecule has 0 bridgehead atoms. The van der Waals surface area contributed by atoms with Crippen LogP contribution in [0.5, 0.6) is 5.75 Å². The minimum Gasteiger partial charge on any atom is -0.496 e. The highest BCUT2D eigenvalue weighted by atomic mass is 16.5. The summed E-state index contributed by atoms with van der Waals surface area (Å²) in [7, 11) is 3.73. The van der Waals surface area contributed by atoms with Crippen molar-refractivity contribution >= 4 is 5.69 Å². The van der Waals surface area contributed by atoms with E-state index < -0.39 is 0 Å². The predicted octanol–water partition coefficient (Wildman–Crippen LogP) is 2.97. The van der Waals surface area contributed by atoms with E-state index >= 15 is 0 Å². The lowest BCUT2D eigenvalue weighted by molar-refractivity contribution is 0.408. The fourth-order valence-electron chi connectivity index (χ4n) is 2.29. The molecule has 0 heterocycles. The van der Waals surface area contributed by atoms with Gasteiger partial charge in [0.25, 0.3) is 0 Å². The zero-order valence-electron chi connectivity index (χ0n) is 12.3. The fraction of sp³-hybridized carbons (Fsp3) is 0.600. The second-order valence-electron chi connectivity index (χ2n) is 4.86. The molecule has 0 spiro atoms. The molecular weight excluding hydrogens is 224 g/mol. The summed E-state index contributed by atoms with van der Waals surface area (Å²) in [4.78, 5) is 0. The Bertz CT molecular complexity index is 354. The maximum atomic E-state index is 5.38. The van der Waals surface area contributed by atoms with Crippen LogP contribution in [-0.4, -0.2) is 27.2 Å². The number of aryl methyl sites for hydroxylation is 2. The van der Waals surface area contributed by atoms with Gasteiger partial charge in [-0.1, -0.05) is 13.3 Å². The van der Waals surface area contributed by atoms with Crippen LogP contribution in [0.3, 0.4) is 0 Å². The van der Waals surface area contributed by atoms with Gasteiger partial charge in [0.2, 0.25) is 0 Å². The molecule has 102 valence electrons. The molecule has 1 aromatic carbocycles. The van der Waals surface area contributed by atoms with Gasteiger partial charge in [0.1, 0.15) is 5.75 Å². The molecule has 0 saturated heterocycles. The van der Waals surface area contributed by atoms with E-state index in [1.54, 1.807) is 7.11 Å². The number of hydrogen-bond donors (Lipinski definition) is 2. The normalized spacial score (nSPS) is 12.3. The zero-order chi connectivity index (χ0) is 13.5. The van der Waals surface area contributed by atoms with E-state index in [0.717, 1.165) is 18.8 Å². The molecule has 0 aliphatic carbocycles. The number of rotatable bonds is 7. The van der Waals surface area contributed by atoms with Crippen molar-refractivity contribution in [3.63, 3.8) is 0 Å². The molecule has 0 saturated carbocycles. The van der Waals surface area contributed by atoms with Gasteiger partial charge in [0.15, 0.2) is 0 Å². The summed E-state index contributed by atoms with van der Waals surface area (Å²) in [5.74, 6) is 1.65. The number of nitrogens with one attached hydrogen (secondary N) is 2. The van der Waals surface area contributed by atoms with Crippen LogP contribution in [0.4, 0.5) is 5.69 Å². The topological polar surface area (TPSA) is 33.3 Å². The Balaban J connectivity index is 2.68. The van der Waals surface area contributed by atoms with Crippen molar-refractivity contribution in [1.82, 2.24) is 5.32 Å². The van der Waals surface area contributed by atoms with E-state index in [4.69, 9.17) is 4.74 Å². The van der Waals surface area contributed by atoms with Crippen molar-refractivity contribution in [2.75, 3.05) is 32.6 Å². The summed E-state index contributed by atoms with van der Waals surface area (Å²) >= 11 is 0. The van der Waals surface area contributed by atoms with Gasteiger partial charge >= 0.3 is 0 Å². The Morgan fingerprint density at radius 2 is 1.78 bits per heavy atom. The van der Waals surface area contributed by atoms with Crippen molar-refractivity contribution < 1.29 is 4.74 Å². The highest BCUT2D eigenvalue weighted by molar-refractivity contribution is 5.55. The quantitative estimate of drug-likeness (QED) is 0.780. The summed E-state index contributed by atoms with van der Waals surface area (Å²) in [6.07, 6.45) is 1.18. The highest BCUT2D eigenvalue weighted by Crippen LogP contribution is 2.26. The number of ether oxygens (including phenoxy) is 1. The first-order valence-electron chi connectivity index (χ1n) is 6.66. The first-order chi connectivity index (χ1) is 8.62. The van der Waals surface area contributed by atoms with Gasteiger partial charge in [0.05, 0.1) is 7.11 Å². The highest BCUT2D eigenvalue weighted by Gasteiger charge is 2.07. The second kappa shape index (κ2) is 7.27. The van der Waals surface area contributed by atoms with Crippen LogP contribution in [0.2, 0.25) is 0 Å². The molecule has 1 rings (SSSR count). The molecule has 0 fully saturated rings. The van der Waals surface area contributed by atoms with E-state index in [1.165, 1.54) is 23.2 Å². The van der Waals surface area contributed by atoms with Crippen LogP contribution in [0.1, 0.15) is 24.5 Å². The fourth-order valence-corrected chi connectivity index (χ4v) is 2.29. The second-order valence-corrected chi connectivity index (χ2v) is 4.86. The lowest BCUT2D eigenvalue weighted by Crippen LogP contribution is -2.24. The maximum absolute atomic E-state index is 5.38. The summed E-state index contributed by atoms with van der Waals surface area (Å²) in [6.45, 7) is 8.46. The Kier molecular flexibility index (Phi) is 5.99. The SMILES string of the molecule is CCC(CNC)CNc1cc(C)c(OC)c(C)c1. The van der Waals surface area contributed by atoms with E-state index in [9.17, 15) is 0 Å². The largest absolute Gasteiger partial charge is 0.496 e. The van der Waals surface area contributed by atoms with E-state index in [0.29, 0.717) is 5.92 Å². The smallest absolute Gasteiger partial charge is 0.124 e. The van der Waals surface area contributed by atoms with Crippen molar-refractivity contribution in [1.29, 1.82) is 0 Å². The van der Waals surface area contributed by atoms with E-state index in [1.807, 2.05) is 7.05 Å². The van der Waals surface area contributed by atoms with Crippen LogP contribution >= 0.6 is 0 Å². The number of benzene rings is 1. The molecule has 1 aromatic rings. The molecule has 1 atom stereocenters. The molecule has 3 nitrogen and oxygen atoms in total. The first-order valence-corrected chi connectivity index (χ1v) is 6.66. The third kappa shape index (κ3) is 3.91. The molecule has 0 radical (unpaired) electrons. The molecule has 0 aromatic heterocycles. The van der Waals surface area contributed by atoms with E-state index in [2.05, 4.69) is 43.5 Å². The Labute approximate surface area is 111 Å². The first kappa shape index (κ1) is 14.8. The van der Waals surface area contributed by atoms with Crippen LogP contribution in [0.25, 0.3) is 0 Å². The van der Waals surface area contributed by atoms with Gasteiger partial charge in [-0.3, -0.25) is 0 Å². The zero-order valence-corrected chi connectivity index (χ0v) is 12.3. The lowest BCUT2D eigenvalue weighted by Gasteiger charge is -2.17. The average Bonchev–Trinajstić information content (AvgIpc) is 2.34. The summed E-state index contributed by atoms with van der Waals surface area (Å²) in [5.41, 5.74) is 3.55. The monoisotopic (exact) mass is 250 g/mol. The third-order valence-corrected chi connectivity index (χ3v) is 3.33. The molecule has 0 aliphatic heterocycles. The minimum absolute atomic E-state index is 0.665. The third-order valence-electron chi connectivity index (χ3n) is 3.33. The van der Waals surface area contributed by atoms with Crippen LogP contribution in [0, 0.1) is 19.8 Å². The van der Waals surface area contributed by atoms with Gasteiger partial charge in [-0.15, -0.1) is 0 Å². The van der Waals surface area contributed by atoms with Crippen LogP contribution < -0.4 is 15.4 Å². The van der Waals surface area contributed by atoms with Gasteiger partial charge in [0, 0.05) is 12.2 Å². The molecule has 18 heavy (non-hydrogen) atoms. The lowest BCUT2D eigenvalue weighted by atomic mass is 10.1. The number of hydrogen-bond acceptors (Lipinski definition) is 3. The molecule has 0 aliphatic rings. The Hall–Kier alpha value is -1.22. The molecule has 1 unspecified atom stereocenters. The van der Waals surface area contributed by atoms with Gasteiger partial charge in [-0.2, -0.15) is 0 Å². The summed E-state index contributed by atoms with van der Waals surface area (Å²) < 4.78 is 5.38. The summed E-state index contributed by atoms with van der Waals surface area (Å²) in [5, 5.41) is 6.75. The molecule has 2 N–H and O–H groups in total. The minimum atomic E-state index is 0.665. The maximum Gasteiger partial charge on any atom is 0.124 e. The van der Waals surface area contributed by atoms with Gasteiger partial charge in [-0.25, -0.2) is 0 Å².